The van der Waals surface area contributed by atoms with Crippen LogP contribution in [0.2, 0.25) is 0 Å². The maximum absolute atomic E-state index is 12.5. The maximum Gasteiger partial charge on any atom is 0.472 e. The molecule has 1 aromatic carbocycles. The molecule has 1 heterocycles. The number of alkyl halides is 3. The Balaban J connectivity index is 2.72. The number of ether oxygens (including phenoxy) is 1. The average molecular weight is 257 g/mol. The Kier molecular flexibility index (Phi) is 2.80. The third kappa shape index (κ3) is 1.83. The lowest BCUT2D eigenvalue weighted by molar-refractivity contribution is -0.0943. The van der Waals surface area contributed by atoms with E-state index in [-0.39, 0.29) is 5.52 Å². The summed E-state index contributed by atoms with van der Waals surface area (Å²) in [6.07, 6.45) is -3.79. The summed E-state index contributed by atoms with van der Waals surface area (Å²) in [4.78, 5) is 11.3. The molecule has 0 radical (unpaired) electrons. The third-order valence-electron chi connectivity index (χ3n) is 2.69. The van der Waals surface area contributed by atoms with E-state index < -0.39 is 12.1 Å². The highest BCUT2D eigenvalue weighted by atomic mass is 19.4. The highest BCUT2D eigenvalue weighted by Gasteiger charge is 2.40. The molecule has 0 bridgehead atoms. The minimum absolute atomic E-state index is 0.219. The summed E-state index contributed by atoms with van der Waals surface area (Å²) in [5.41, 5.74) is 0.796. The Morgan fingerprint density at radius 2 is 1.94 bits per heavy atom. The van der Waals surface area contributed by atoms with Gasteiger partial charge in [-0.1, -0.05) is 6.07 Å². The zero-order valence-corrected chi connectivity index (χ0v) is 9.71. The predicted molar refractivity (Wildman–Crippen MR) is 59.9 cm³/mol. The third-order valence-corrected chi connectivity index (χ3v) is 2.69. The molecule has 96 valence electrons. The molecule has 0 spiro atoms. The molecule has 6 heteroatoms. The standard InChI is InChI=1S/C12H10F3NO2/c1-7-3-4-9(18-2)8-5-6-16(10(7)8)11(17)12(13,14)15/h3-6H,1-2H3. The number of halogens is 3. The number of carbonyl (C=O) groups is 1. The van der Waals surface area contributed by atoms with Crippen molar-refractivity contribution in [3.63, 3.8) is 0 Å². The number of aromatic nitrogens is 1. The Morgan fingerprint density at radius 3 is 2.50 bits per heavy atom. The van der Waals surface area contributed by atoms with E-state index in [1.807, 2.05) is 0 Å². The lowest BCUT2D eigenvalue weighted by Gasteiger charge is -2.10. The van der Waals surface area contributed by atoms with Crippen LogP contribution >= 0.6 is 0 Å². The summed E-state index contributed by atoms with van der Waals surface area (Å²) < 4.78 is 43.0. The summed E-state index contributed by atoms with van der Waals surface area (Å²) >= 11 is 0. The zero-order chi connectivity index (χ0) is 13.5. The van der Waals surface area contributed by atoms with Crippen molar-refractivity contribution in [1.82, 2.24) is 4.57 Å². The van der Waals surface area contributed by atoms with Gasteiger partial charge in [0.1, 0.15) is 5.75 Å². The van der Waals surface area contributed by atoms with Crippen molar-refractivity contribution >= 4 is 16.8 Å². The van der Waals surface area contributed by atoms with Crippen LogP contribution in [0.1, 0.15) is 10.4 Å². The van der Waals surface area contributed by atoms with Crippen molar-refractivity contribution in [2.75, 3.05) is 7.11 Å². The second kappa shape index (κ2) is 4.04. The highest BCUT2D eigenvalue weighted by molar-refractivity contribution is 5.98. The van der Waals surface area contributed by atoms with Crippen molar-refractivity contribution in [3.8, 4) is 5.75 Å². The van der Waals surface area contributed by atoms with E-state index in [1.165, 1.54) is 13.2 Å². The first-order chi connectivity index (χ1) is 8.36. The van der Waals surface area contributed by atoms with Crippen LogP contribution in [0.4, 0.5) is 13.2 Å². The Labute approximate surface area is 101 Å². The number of fused-ring (bicyclic) bond motifs is 1. The van der Waals surface area contributed by atoms with Crippen molar-refractivity contribution in [1.29, 1.82) is 0 Å². The SMILES string of the molecule is COc1ccc(C)c2c1ccn2C(=O)C(F)(F)F. The summed E-state index contributed by atoms with van der Waals surface area (Å²) in [5.74, 6) is -1.47. The molecular formula is C12H10F3NO2. The first-order valence-electron chi connectivity index (χ1n) is 5.12. The normalized spacial score (nSPS) is 11.8. The smallest absolute Gasteiger partial charge is 0.472 e. The highest BCUT2D eigenvalue weighted by Crippen LogP contribution is 2.31. The van der Waals surface area contributed by atoms with Crippen molar-refractivity contribution in [2.24, 2.45) is 0 Å². The van der Waals surface area contributed by atoms with Crippen LogP contribution in [0.15, 0.2) is 24.4 Å². The number of hydrogen-bond donors (Lipinski definition) is 0. The van der Waals surface area contributed by atoms with Crippen LogP contribution in [-0.2, 0) is 0 Å². The fourth-order valence-corrected chi connectivity index (χ4v) is 1.89. The molecule has 1 aromatic heterocycles. The molecule has 0 saturated carbocycles. The molecule has 0 N–H and O–H groups in total. The van der Waals surface area contributed by atoms with Crippen LogP contribution in [-0.4, -0.2) is 23.8 Å². The molecule has 0 amide bonds. The van der Waals surface area contributed by atoms with E-state index in [9.17, 15) is 18.0 Å². The van der Waals surface area contributed by atoms with E-state index in [0.29, 0.717) is 21.3 Å². The molecule has 2 aromatic rings. The second-order valence-corrected chi connectivity index (χ2v) is 3.84. The van der Waals surface area contributed by atoms with E-state index >= 15 is 0 Å². The predicted octanol–water partition coefficient (Wildman–Crippen LogP) is 3.16. The van der Waals surface area contributed by atoms with Gasteiger partial charge in [0.25, 0.3) is 0 Å². The van der Waals surface area contributed by atoms with Crippen LogP contribution < -0.4 is 4.74 Å². The van der Waals surface area contributed by atoms with E-state index in [0.717, 1.165) is 6.20 Å². The minimum atomic E-state index is -4.90. The molecule has 0 unspecified atom stereocenters. The van der Waals surface area contributed by atoms with Crippen LogP contribution in [0, 0.1) is 6.92 Å². The number of nitrogens with zero attached hydrogens (tertiary/aromatic N) is 1. The first-order valence-corrected chi connectivity index (χ1v) is 5.12. The lowest BCUT2D eigenvalue weighted by Crippen LogP contribution is -2.28. The van der Waals surface area contributed by atoms with Crippen molar-refractivity contribution in [3.05, 3.63) is 30.0 Å². The average Bonchev–Trinajstić information content (AvgIpc) is 2.72. The summed E-state index contributed by atoms with van der Waals surface area (Å²) in [7, 11) is 1.42. The Hall–Kier alpha value is -1.98. The Bertz CT molecular complexity index is 614. The molecular weight excluding hydrogens is 247 g/mol. The molecule has 2 rings (SSSR count). The van der Waals surface area contributed by atoms with Gasteiger partial charge >= 0.3 is 12.1 Å². The molecule has 0 aliphatic rings. The van der Waals surface area contributed by atoms with Gasteiger partial charge < -0.3 is 4.74 Å². The van der Waals surface area contributed by atoms with Crippen molar-refractivity contribution < 1.29 is 22.7 Å². The van der Waals surface area contributed by atoms with Gasteiger partial charge in [0, 0.05) is 11.6 Å². The van der Waals surface area contributed by atoms with Gasteiger partial charge in [-0.3, -0.25) is 9.36 Å². The van der Waals surface area contributed by atoms with Crippen molar-refractivity contribution in [2.45, 2.75) is 13.1 Å². The summed E-state index contributed by atoms with van der Waals surface area (Å²) in [6.45, 7) is 1.64. The van der Waals surface area contributed by atoms with E-state index in [2.05, 4.69) is 0 Å². The van der Waals surface area contributed by atoms with E-state index in [4.69, 9.17) is 4.74 Å². The summed E-state index contributed by atoms with van der Waals surface area (Å²) in [6, 6.07) is 4.70. The van der Waals surface area contributed by atoms with Gasteiger partial charge in [0.05, 0.1) is 12.6 Å². The lowest BCUT2D eigenvalue weighted by atomic mass is 10.1. The number of rotatable bonds is 1. The number of methoxy groups -OCH3 is 1. The molecule has 0 aliphatic carbocycles. The maximum atomic E-state index is 12.5. The minimum Gasteiger partial charge on any atom is -0.496 e. The van der Waals surface area contributed by atoms with Gasteiger partial charge in [-0.25, -0.2) is 0 Å². The molecule has 3 nitrogen and oxygen atoms in total. The van der Waals surface area contributed by atoms with Crippen LogP contribution in [0.25, 0.3) is 10.9 Å². The van der Waals surface area contributed by atoms with Gasteiger partial charge in [-0.2, -0.15) is 13.2 Å². The van der Waals surface area contributed by atoms with Gasteiger partial charge in [-0.15, -0.1) is 0 Å². The number of benzene rings is 1. The molecule has 0 atom stereocenters. The van der Waals surface area contributed by atoms with Crippen LogP contribution in [0.3, 0.4) is 0 Å². The zero-order valence-electron chi connectivity index (χ0n) is 9.71. The van der Waals surface area contributed by atoms with E-state index in [1.54, 1.807) is 19.1 Å². The van der Waals surface area contributed by atoms with Gasteiger partial charge in [0.2, 0.25) is 0 Å². The molecule has 0 fully saturated rings. The monoisotopic (exact) mass is 257 g/mol. The number of carbonyl (C=O) groups excluding carboxylic acids is 1. The van der Waals surface area contributed by atoms with Gasteiger partial charge in [-0.05, 0) is 24.6 Å². The van der Waals surface area contributed by atoms with Crippen LogP contribution in [0.5, 0.6) is 5.75 Å². The molecule has 18 heavy (non-hydrogen) atoms. The number of hydrogen-bond acceptors (Lipinski definition) is 2. The quantitative estimate of drug-likeness (QED) is 0.785. The largest absolute Gasteiger partial charge is 0.496 e. The second-order valence-electron chi connectivity index (χ2n) is 3.84. The molecule has 0 saturated heterocycles. The molecule has 0 aliphatic heterocycles. The summed E-state index contributed by atoms with van der Waals surface area (Å²) in [5, 5.41) is 0.482. The fourth-order valence-electron chi connectivity index (χ4n) is 1.89. The first kappa shape index (κ1) is 12.5. The van der Waals surface area contributed by atoms with Gasteiger partial charge in [0.15, 0.2) is 0 Å². The number of aryl methyl sites for hydroxylation is 1. The topological polar surface area (TPSA) is 31.2 Å². The fraction of sp³-hybridized carbons (Fsp3) is 0.250. The Morgan fingerprint density at radius 1 is 1.28 bits per heavy atom.